The lowest BCUT2D eigenvalue weighted by atomic mass is 10.1. The van der Waals surface area contributed by atoms with Gasteiger partial charge in [-0.25, -0.2) is 9.59 Å². The highest BCUT2D eigenvalue weighted by molar-refractivity contribution is 5.81. The molecule has 29 heavy (non-hydrogen) atoms. The van der Waals surface area contributed by atoms with Crippen LogP contribution in [0.2, 0.25) is 0 Å². The van der Waals surface area contributed by atoms with Gasteiger partial charge in [0.1, 0.15) is 12.6 Å². The van der Waals surface area contributed by atoms with Crippen molar-refractivity contribution in [2.24, 2.45) is 0 Å². The Morgan fingerprint density at radius 2 is 1.45 bits per heavy atom. The van der Waals surface area contributed by atoms with Gasteiger partial charge in [-0.05, 0) is 18.4 Å². The number of benzene rings is 1. The number of carbonyl (C=O) groups is 2. The average molecular weight is 406 g/mol. The van der Waals surface area contributed by atoms with Crippen LogP contribution in [0.15, 0.2) is 30.3 Å². The molecule has 0 aliphatic rings. The van der Waals surface area contributed by atoms with Crippen molar-refractivity contribution >= 4 is 12.1 Å². The van der Waals surface area contributed by atoms with E-state index in [2.05, 4.69) is 12.2 Å². The predicted molar refractivity (Wildman–Crippen MR) is 117 cm³/mol. The third-order valence-corrected chi connectivity index (χ3v) is 4.86. The molecule has 0 aromatic heterocycles. The first kappa shape index (κ1) is 25.0. The van der Waals surface area contributed by atoms with Crippen molar-refractivity contribution in [1.82, 2.24) is 5.32 Å². The fraction of sp³-hybridized carbons (Fsp3) is 0.667. The molecule has 1 N–H and O–H groups in total. The number of hydrogen-bond acceptors (Lipinski definition) is 4. The van der Waals surface area contributed by atoms with Gasteiger partial charge in [-0.2, -0.15) is 0 Å². The molecule has 0 bridgehead atoms. The minimum absolute atomic E-state index is 0.180. The van der Waals surface area contributed by atoms with E-state index in [-0.39, 0.29) is 12.6 Å². The van der Waals surface area contributed by atoms with Gasteiger partial charge in [0.25, 0.3) is 0 Å². The second-order valence-electron chi connectivity index (χ2n) is 7.54. The second kappa shape index (κ2) is 16.9. The summed E-state index contributed by atoms with van der Waals surface area (Å²) in [6, 6.07) is 8.80. The Bertz CT molecular complexity index is 547. The zero-order chi connectivity index (χ0) is 21.2. The Morgan fingerprint density at radius 1 is 0.828 bits per heavy atom. The standard InChI is InChI=1S/C24H39NO4/c1-3-5-6-7-8-9-10-11-15-19-28-23(26)22(16-4-2)25-24(27)29-20-21-17-13-12-14-18-21/h12-14,17-18,22H,3-11,15-16,19-20H2,1-2H3,(H,25,27). The maximum atomic E-state index is 12.3. The average Bonchev–Trinajstić information content (AvgIpc) is 2.74. The number of rotatable bonds is 16. The lowest BCUT2D eigenvalue weighted by Gasteiger charge is -2.17. The quantitative estimate of drug-likeness (QED) is 0.264. The van der Waals surface area contributed by atoms with E-state index in [0.29, 0.717) is 13.0 Å². The number of unbranched alkanes of at least 4 members (excludes halogenated alkanes) is 8. The first-order chi connectivity index (χ1) is 14.2. The van der Waals surface area contributed by atoms with Crippen LogP contribution in [-0.2, 0) is 20.9 Å². The number of carbonyl (C=O) groups excluding carboxylic acids is 2. The summed E-state index contributed by atoms with van der Waals surface area (Å²) in [6.45, 7) is 4.79. The van der Waals surface area contributed by atoms with E-state index < -0.39 is 12.1 Å². The highest BCUT2D eigenvalue weighted by Gasteiger charge is 2.22. The minimum atomic E-state index is -0.651. The number of alkyl carbamates (subject to hydrolysis) is 1. The SMILES string of the molecule is CCCCCCCCCCCOC(=O)C(CCC)NC(=O)OCc1ccccc1. The summed E-state index contributed by atoms with van der Waals surface area (Å²) in [5, 5.41) is 2.64. The molecular formula is C24H39NO4. The van der Waals surface area contributed by atoms with Gasteiger partial charge in [0.05, 0.1) is 6.61 Å². The summed E-state index contributed by atoms with van der Waals surface area (Å²) in [7, 11) is 0. The van der Waals surface area contributed by atoms with E-state index in [4.69, 9.17) is 9.47 Å². The molecule has 1 rings (SSSR count). The van der Waals surface area contributed by atoms with Crippen LogP contribution in [0.1, 0.15) is 90.0 Å². The summed E-state index contributed by atoms with van der Waals surface area (Å²) in [4.78, 5) is 24.3. The third kappa shape index (κ3) is 12.9. The first-order valence-corrected chi connectivity index (χ1v) is 11.3. The van der Waals surface area contributed by atoms with Crippen LogP contribution >= 0.6 is 0 Å². The molecule has 0 heterocycles. The normalized spacial score (nSPS) is 11.7. The lowest BCUT2D eigenvalue weighted by molar-refractivity contribution is -0.146. The molecular weight excluding hydrogens is 366 g/mol. The van der Waals surface area contributed by atoms with Crippen LogP contribution < -0.4 is 5.32 Å². The van der Waals surface area contributed by atoms with Gasteiger partial charge in [0.2, 0.25) is 0 Å². The van der Waals surface area contributed by atoms with Gasteiger partial charge in [0, 0.05) is 0 Å². The summed E-state index contributed by atoms with van der Waals surface area (Å²) in [5.74, 6) is -0.372. The van der Waals surface area contributed by atoms with Crippen molar-refractivity contribution in [1.29, 1.82) is 0 Å². The van der Waals surface area contributed by atoms with Crippen LogP contribution in [0.5, 0.6) is 0 Å². The van der Waals surface area contributed by atoms with Crippen LogP contribution in [0.3, 0.4) is 0 Å². The van der Waals surface area contributed by atoms with E-state index in [1.54, 1.807) is 0 Å². The topological polar surface area (TPSA) is 64.6 Å². The van der Waals surface area contributed by atoms with Gasteiger partial charge in [-0.15, -0.1) is 0 Å². The van der Waals surface area contributed by atoms with Crippen molar-refractivity contribution in [3.63, 3.8) is 0 Å². The van der Waals surface area contributed by atoms with E-state index in [9.17, 15) is 9.59 Å². The second-order valence-corrected chi connectivity index (χ2v) is 7.54. The predicted octanol–water partition coefficient (Wildman–Crippen LogP) is 6.16. The molecule has 1 aromatic carbocycles. The van der Waals surface area contributed by atoms with Crippen molar-refractivity contribution in [2.75, 3.05) is 6.61 Å². The first-order valence-electron chi connectivity index (χ1n) is 11.3. The molecule has 5 heteroatoms. The lowest BCUT2D eigenvalue weighted by Crippen LogP contribution is -2.42. The minimum Gasteiger partial charge on any atom is -0.464 e. The summed E-state index contributed by atoms with van der Waals surface area (Å²) >= 11 is 0. The van der Waals surface area contributed by atoms with Crippen molar-refractivity contribution < 1.29 is 19.1 Å². The zero-order valence-electron chi connectivity index (χ0n) is 18.3. The Balaban J connectivity index is 2.16. The zero-order valence-corrected chi connectivity index (χ0v) is 18.3. The Labute approximate surface area is 176 Å². The molecule has 0 saturated carbocycles. The maximum Gasteiger partial charge on any atom is 0.408 e. The molecule has 0 spiro atoms. The maximum absolute atomic E-state index is 12.3. The van der Waals surface area contributed by atoms with Crippen LogP contribution in [-0.4, -0.2) is 24.7 Å². The van der Waals surface area contributed by atoms with Crippen molar-refractivity contribution in [3.05, 3.63) is 35.9 Å². The number of amides is 1. The highest BCUT2D eigenvalue weighted by atomic mass is 16.6. The molecule has 0 fully saturated rings. The molecule has 1 amide bonds. The van der Waals surface area contributed by atoms with Gasteiger partial charge in [-0.3, -0.25) is 0 Å². The molecule has 0 aliphatic carbocycles. The van der Waals surface area contributed by atoms with E-state index in [0.717, 1.165) is 24.8 Å². The Morgan fingerprint density at radius 3 is 2.07 bits per heavy atom. The van der Waals surface area contributed by atoms with Gasteiger partial charge in [-0.1, -0.05) is 102 Å². The fourth-order valence-electron chi connectivity index (χ4n) is 3.13. The van der Waals surface area contributed by atoms with E-state index in [1.165, 1.54) is 44.9 Å². The molecule has 1 aromatic rings. The largest absolute Gasteiger partial charge is 0.464 e. The van der Waals surface area contributed by atoms with Crippen LogP contribution in [0.25, 0.3) is 0 Å². The Hall–Kier alpha value is -2.04. The van der Waals surface area contributed by atoms with Gasteiger partial charge in [0.15, 0.2) is 0 Å². The molecule has 0 radical (unpaired) electrons. The van der Waals surface area contributed by atoms with Crippen molar-refractivity contribution in [2.45, 2.75) is 97.1 Å². The highest BCUT2D eigenvalue weighted by Crippen LogP contribution is 2.10. The molecule has 5 nitrogen and oxygen atoms in total. The smallest absolute Gasteiger partial charge is 0.408 e. The van der Waals surface area contributed by atoms with Gasteiger partial charge < -0.3 is 14.8 Å². The Kier molecular flexibility index (Phi) is 14.5. The molecule has 0 saturated heterocycles. The molecule has 1 atom stereocenters. The number of ether oxygens (including phenoxy) is 2. The van der Waals surface area contributed by atoms with Crippen LogP contribution in [0.4, 0.5) is 4.79 Å². The van der Waals surface area contributed by atoms with Crippen molar-refractivity contribution in [3.8, 4) is 0 Å². The molecule has 0 aliphatic heterocycles. The number of hydrogen-bond donors (Lipinski definition) is 1. The summed E-state index contributed by atoms with van der Waals surface area (Å²) in [5.41, 5.74) is 0.905. The molecule has 164 valence electrons. The fourth-order valence-corrected chi connectivity index (χ4v) is 3.13. The summed E-state index contributed by atoms with van der Waals surface area (Å²) < 4.78 is 10.6. The summed E-state index contributed by atoms with van der Waals surface area (Å²) in [6.07, 6.45) is 11.7. The number of nitrogens with one attached hydrogen (secondary N) is 1. The van der Waals surface area contributed by atoms with Gasteiger partial charge >= 0.3 is 12.1 Å². The van der Waals surface area contributed by atoms with E-state index in [1.807, 2.05) is 37.3 Å². The van der Waals surface area contributed by atoms with Crippen LogP contribution in [0, 0.1) is 0 Å². The monoisotopic (exact) mass is 405 g/mol. The number of esters is 1. The third-order valence-electron chi connectivity index (χ3n) is 4.86. The molecule has 1 unspecified atom stereocenters. The van der Waals surface area contributed by atoms with E-state index >= 15 is 0 Å².